The standard InChI is InChI=1S/C23H24F3N3O4S/c1-13(30)33-17-4-2-14(3-5-17)12-28-22(32)23-29(6-7-34-23)21(31)10-16(27)8-15-9-19(25)20(26)11-18(15)24/h2-5,9,11,16,23H,6-8,10,12,27H2,1H3,(H,28,32)/t16-,23?/m1/s1. The Morgan fingerprint density at radius 3 is 2.50 bits per heavy atom. The molecule has 2 amide bonds. The summed E-state index contributed by atoms with van der Waals surface area (Å²) >= 11 is 1.31. The Balaban J connectivity index is 1.53. The first-order valence-corrected chi connectivity index (χ1v) is 11.5. The molecule has 3 rings (SSSR count). The van der Waals surface area contributed by atoms with E-state index in [1.807, 2.05) is 0 Å². The molecule has 0 aromatic heterocycles. The van der Waals surface area contributed by atoms with E-state index in [2.05, 4.69) is 5.32 Å². The van der Waals surface area contributed by atoms with Crippen molar-refractivity contribution in [2.24, 2.45) is 5.73 Å². The molecule has 2 aromatic rings. The molecule has 1 unspecified atom stereocenters. The summed E-state index contributed by atoms with van der Waals surface area (Å²) in [6, 6.07) is 6.98. The van der Waals surface area contributed by atoms with Gasteiger partial charge in [0.05, 0.1) is 0 Å². The normalized spacial score (nSPS) is 16.3. The molecule has 34 heavy (non-hydrogen) atoms. The first kappa shape index (κ1) is 25.6. The number of halogens is 3. The molecule has 0 saturated carbocycles. The van der Waals surface area contributed by atoms with Crippen molar-refractivity contribution in [3.8, 4) is 5.75 Å². The van der Waals surface area contributed by atoms with Gasteiger partial charge in [0.1, 0.15) is 11.6 Å². The number of carbonyl (C=O) groups is 3. The fourth-order valence-corrected chi connectivity index (χ4v) is 4.64. The van der Waals surface area contributed by atoms with Crippen LogP contribution in [0.15, 0.2) is 36.4 Å². The van der Waals surface area contributed by atoms with E-state index in [-0.39, 0.29) is 36.8 Å². The van der Waals surface area contributed by atoms with Crippen LogP contribution in [0.4, 0.5) is 13.2 Å². The predicted molar refractivity (Wildman–Crippen MR) is 120 cm³/mol. The second kappa shape index (κ2) is 11.4. The van der Waals surface area contributed by atoms with Crippen LogP contribution < -0.4 is 15.8 Å². The van der Waals surface area contributed by atoms with Gasteiger partial charge in [-0.15, -0.1) is 11.8 Å². The Morgan fingerprint density at radius 2 is 1.82 bits per heavy atom. The lowest BCUT2D eigenvalue weighted by Gasteiger charge is -2.24. The summed E-state index contributed by atoms with van der Waals surface area (Å²) in [5, 5.41) is 2.04. The topological polar surface area (TPSA) is 102 Å². The van der Waals surface area contributed by atoms with Crippen LogP contribution in [0.25, 0.3) is 0 Å². The lowest BCUT2D eigenvalue weighted by Crippen LogP contribution is -2.46. The maximum absolute atomic E-state index is 13.9. The number of nitrogens with two attached hydrogens (primary N) is 1. The molecule has 2 aromatic carbocycles. The van der Waals surface area contributed by atoms with Crippen molar-refractivity contribution in [3.63, 3.8) is 0 Å². The monoisotopic (exact) mass is 495 g/mol. The van der Waals surface area contributed by atoms with Crippen molar-refractivity contribution >= 4 is 29.5 Å². The molecule has 2 atom stereocenters. The summed E-state index contributed by atoms with van der Waals surface area (Å²) in [5.41, 5.74) is 6.62. The van der Waals surface area contributed by atoms with E-state index < -0.39 is 34.8 Å². The Bertz CT molecular complexity index is 1070. The summed E-state index contributed by atoms with van der Waals surface area (Å²) in [6.07, 6.45) is -0.337. The molecule has 1 aliphatic heterocycles. The third kappa shape index (κ3) is 6.73. The molecular formula is C23H24F3N3O4S. The van der Waals surface area contributed by atoms with Crippen LogP contribution in [0, 0.1) is 17.5 Å². The van der Waals surface area contributed by atoms with Crippen molar-refractivity contribution in [2.45, 2.75) is 37.7 Å². The number of thioether (sulfide) groups is 1. The molecule has 1 heterocycles. The molecule has 1 aliphatic rings. The zero-order valence-electron chi connectivity index (χ0n) is 18.4. The second-order valence-corrected chi connectivity index (χ2v) is 8.98. The zero-order valence-corrected chi connectivity index (χ0v) is 19.2. The highest BCUT2D eigenvalue weighted by Crippen LogP contribution is 2.25. The Morgan fingerprint density at radius 1 is 1.15 bits per heavy atom. The van der Waals surface area contributed by atoms with E-state index in [0.29, 0.717) is 24.1 Å². The van der Waals surface area contributed by atoms with Gasteiger partial charge in [-0.3, -0.25) is 14.4 Å². The van der Waals surface area contributed by atoms with E-state index in [9.17, 15) is 27.6 Å². The summed E-state index contributed by atoms with van der Waals surface area (Å²) < 4.78 is 45.3. The van der Waals surface area contributed by atoms with Gasteiger partial charge in [-0.25, -0.2) is 13.2 Å². The van der Waals surface area contributed by atoms with E-state index >= 15 is 0 Å². The second-order valence-electron chi connectivity index (χ2n) is 7.79. The van der Waals surface area contributed by atoms with Crippen molar-refractivity contribution in [2.75, 3.05) is 12.3 Å². The van der Waals surface area contributed by atoms with Crippen molar-refractivity contribution < 1.29 is 32.3 Å². The van der Waals surface area contributed by atoms with E-state index in [4.69, 9.17) is 10.5 Å². The molecule has 11 heteroatoms. The molecule has 1 fully saturated rings. The largest absolute Gasteiger partial charge is 0.427 e. The average molecular weight is 496 g/mol. The van der Waals surface area contributed by atoms with Gasteiger partial charge in [0.15, 0.2) is 17.0 Å². The number of benzene rings is 2. The van der Waals surface area contributed by atoms with Gasteiger partial charge in [0.25, 0.3) is 5.91 Å². The third-order valence-electron chi connectivity index (χ3n) is 5.10. The predicted octanol–water partition coefficient (Wildman–Crippen LogP) is 2.51. The maximum atomic E-state index is 13.9. The summed E-state index contributed by atoms with van der Waals surface area (Å²) in [6.45, 7) is 1.87. The molecule has 0 aliphatic carbocycles. The number of rotatable bonds is 8. The van der Waals surface area contributed by atoms with Gasteiger partial charge >= 0.3 is 5.97 Å². The Labute approximate surface area is 198 Å². The lowest BCUT2D eigenvalue weighted by molar-refractivity contribution is -0.136. The number of hydrogen-bond acceptors (Lipinski definition) is 6. The first-order valence-electron chi connectivity index (χ1n) is 10.5. The van der Waals surface area contributed by atoms with Crippen molar-refractivity contribution in [3.05, 3.63) is 65.0 Å². The molecule has 7 nitrogen and oxygen atoms in total. The first-order chi connectivity index (χ1) is 16.1. The number of nitrogens with one attached hydrogen (secondary N) is 1. The minimum absolute atomic E-state index is 0.121. The number of esters is 1. The minimum Gasteiger partial charge on any atom is -0.427 e. The highest BCUT2D eigenvalue weighted by Gasteiger charge is 2.35. The molecule has 182 valence electrons. The summed E-state index contributed by atoms with van der Waals surface area (Å²) in [5.74, 6) is -3.63. The van der Waals surface area contributed by atoms with Crippen LogP contribution in [0.5, 0.6) is 5.75 Å². The number of amides is 2. The van der Waals surface area contributed by atoms with Crippen LogP contribution in [0.2, 0.25) is 0 Å². The van der Waals surface area contributed by atoms with Gasteiger partial charge < -0.3 is 20.7 Å². The van der Waals surface area contributed by atoms with Crippen LogP contribution in [0.1, 0.15) is 24.5 Å². The number of carbonyl (C=O) groups excluding carboxylic acids is 3. The van der Waals surface area contributed by atoms with Gasteiger partial charge in [-0.1, -0.05) is 12.1 Å². The number of nitrogens with zero attached hydrogens (tertiary/aromatic N) is 1. The molecule has 0 spiro atoms. The third-order valence-corrected chi connectivity index (χ3v) is 6.30. The highest BCUT2D eigenvalue weighted by molar-refractivity contribution is 8.00. The van der Waals surface area contributed by atoms with Crippen LogP contribution in [-0.4, -0.2) is 46.4 Å². The maximum Gasteiger partial charge on any atom is 0.308 e. The van der Waals surface area contributed by atoms with Crippen molar-refractivity contribution in [1.29, 1.82) is 0 Å². The van der Waals surface area contributed by atoms with Crippen LogP contribution >= 0.6 is 11.8 Å². The van der Waals surface area contributed by atoms with Gasteiger partial charge in [0, 0.05) is 44.3 Å². The van der Waals surface area contributed by atoms with E-state index in [1.54, 1.807) is 24.3 Å². The Kier molecular flexibility index (Phi) is 8.56. The highest BCUT2D eigenvalue weighted by atomic mass is 32.2. The molecule has 0 bridgehead atoms. The fraction of sp³-hybridized carbons (Fsp3) is 0.348. The molecule has 0 radical (unpaired) electrons. The zero-order chi connectivity index (χ0) is 24.8. The minimum atomic E-state index is -1.30. The quantitative estimate of drug-likeness (QED) is 0.332. The van der Waals surface area contributed by atoms with E-state index in [0.717, 1.165) is 11.6 Å². The van der Waals surface area contributed by atoms with E-state index in [1.165, 1.54) is 23.6 Å². The average Bonchev–Trinajstić information content (AvgIpc) is 3.26. The lowest BCUT2D eigenvalue weighted by atomic mass is 10.0. The fourth-order valence-electron chi connectivity index (χ4n) is 3.48. The number of hydrogen-bond donors (Lipinski definition) is 2. The number of ether oxygens (including phenoxy) is 1. The van der Waals surface area contributed by atoms with Crippen molar-refractivity contribution in [1.82, 2.24) is 10.2 Å². The molecule has 1 saturated heterocycles. The van der Waals surface area contributed by atoms with Crippen LogP contribution in [-0.2, 0) is 27.3 Å². The summed E-state index contributed by atoms with van der Waals surface area (Å²) in [4.78, 5) is 37.8. The van der Waals surface area contributed by atoms with Crippen LogP contribution in [0.3, 0.4) is 0 Å². The molecular weight excluding hydrogens is 471 g/mol. The molecule has 3 N–H and O–H groups in total. The smallest absolute Gasteiger partial charge is 0.308 e. The SMILES string of the molecule is CC(=O)Oc1ccc(CNC(=O)C2SCCN2C(=O)C[C@H](N)Cc2cc(F)c(F)cc2F)cc1. The van der Waals surface area contributed by atoms with Gasteiger partial charge in [-0.2, -0.15) is 0 Å². The van der Waals surface area contributed by atoms with Gasteiger partial charge in [0.2, 0.25) is 5.91 Å². The summed E-state index contributed by atoms with van der Waals surface area (Å²) in [7, 11) is 0. The van der Waals surface area contributed by atoms with Gasteiger partial charge in [-0.05, 0) is 35.7 Å². The Hall–Kier alpha value is -3.05.